The third-order valence-electron chi connectivity index (χ3n) is 7.45. The van der Waals surface area contributed by atoms with Crippen LogP contribution in [0.25, 0.3) is 0 Å². The molecule has 0 aliphatic carbocycles. The van der Waals surface area contributed by atoms with Gasteiger partial charge in [-0.05, 0) is 78.4 Å². The lowest BCUT2D eigenvalue weighted by Gasteiger charge is -2.36. The van der Waals surface area contributed by atoms with Crippen molar-refractivity contribution in [2.45, 2.75) is 150 Å². The highest BCUT2D eigenvalue weighted by molar-refractivity contribution is 5.49. The van der Waals surface area contributed by atoms with Gasteiger partial charge in [0.05, 0.1) is 0 Å². The first kappa shape index (κ1) is 29.7. The zero-order valence-electron chi connectivity index (χ0n) is 26.2. The van der Waals surface area contributed by atoms with E-state index in [-0.39, 0.29) is 27.1 Å². The monoisotopic (exact) mass is 476 g/mol. The maximum atomic E-state index is 2.58. The topological polar surface area (TPSA) is 0 Å². The van der Waals surface area contributed by atoms with Gasteiger partial charge in [0.15, 0.2) is 0 Å². The Kier molecular flexibility index (Phi) is 7.96. The van der Waals surface area contributed by atoms with Crippen LogP contribution in [0, 0.1) is 0 Å². The summed E-state index contributed by atoms with van der Waals surface area (Å²) in [7, 11) is 0. The van der Waals surface area contributed by atoms with Crippen molar-refractivity contribution in [3.63, 3.8) is 0 Å². The second kappa shape index (κ2) is 9.39. The van der Waals surface area contributed by atoms with Crippen molar-refractivity contribution in [3.8, 4) is 0 Å². The van der Waals surface area contributed by atoms with Gasteiger partial charge in [0.25, 0.3) is 0 Å². The Morgan fingerprint density at radius 2 is 0.914 bits per heavy atom. The molecule has 0 spiro atoms. The largest absolute Gasteiger partial charge is 0.0582 e. The van der Waals surface area contributed by atoms with Crippen LogP contribution in [0.5, 0.6) is 0 Å². The minimum Gasteiger partial charge on any atom is -0.0582 e. The zero-order valence-corrected chi connectivity index (χ0v) is 26.2. The smallest absolute Gasteiger partial charge is 0.0129 e. The quantitative estimate of drug-likeness (QED) is 0.413. The first-order valence-electron chi connectivity index (χ1n) is 13.8. The molecule has 2 aromatic carbocycles. The van der Waals surface area contributed by atoms with Gasteiger partial charge in [-0.25, -0.2) is 0 Å². The molecule has 35 heavy (non-hydrogen) atoms. The average molecular weight is 477 g/mol. The number of rotatable bonds is 3. The predicted octanol–water partition coefficient (Wildman–Crippen LogP) is 10.5. The van der Waals surface area contributed by atoms with Gasteiger partial charge in [0.2, 0.25) is 0 Å². The van der Waals surface area contributed by atoms with Crippen molar-refractivity contribution in [2.24, 2.45) is 0 Å². The molecule has 196 valence electrons. The molecule has 0 saturated carbocycles. The maximum Gasteiger partial charge on any atom is -0.0129 e. The highest BCUT2D eigenvalue weighted by atomic mass is 14.4. The second-order valence-electron chi connectivity index (χ2n) is 16.2. The van der Waals surface area contributed by atoms with Crippen molar-refractivity contribution in [3.05, 3.63) is 69.3 Å². The molecule has 0 nitrogen and oxygen atoms in total. The van der Waals surface area contributed by atoms with E-state index in [0.717, 1.165) is 6.42 Å². The fourth-order valence-electron chi connectivity index (χ4n) is 5.32. The molecule has 0 heterocycles. The van der Waals surface area contributed by atoms with E-state index in [0.29, 0.717) is 5.92 Å². The van der Waals surface area contributed by atoms with Crippen LogP contribution < -0.4 is 0 Å². The fraction of sp³-hybridized carbons (Fsp3) is 0.657. The summed E-state index contributed by atoms with van der Waals surface area (Å²) in [5.41, 5.74) is 11.1. The molecule has 0 N–H and O–H groups in total. The maximum absolute atomic E-state index is 2.58. The van der Waals surface area contributed by atoms with Crippen LogP contribution in [0.4, 0.5) is 0 Å². The van der Waals surface area contributed by atoms with Crippen molar-refractivity contribution in [2.75, 3.05) is 0 Å². The normalized spacial score (nSPS) is 14.9. The summed E-state index contributed by atoms with van der Waals surface area (Å²) in [5.74, 6) is 0.440. The Morgan fingerprint density at radius 3 is 1.31 bits per heavy atom. The van der Waals surface area contributed by atoms with Gasteiger partial charge in [-0.15, -0.1) is 0 Å². The first-order chi connectivity index (χ1) is 15.4. The molecule has 0 radical (unpaired) electrons. The highest BCUT2D eigenvalue weighted by Gasteiger charge is 2.31. The Bertz CT molecular complexity index is 1030. The zero-order chi connectivity index (χ0) is 27.4. The van der Waals surface area contributed by atoms with E-state index < -0.39 is 0 Å². The summed E-state index contributed by atoms with van der Waals surface area (Å²) >= 11 is 0. The molecule has 0 fully saturated rings. The molecule has 0 heteroatoms. The Balaban J connectivity index is 2.78. The van der Waals surface area contributed by atoms with E-state index >= 15 is 0 Å². The Labute approximate surface area is 219 Å². The van der Waals surface area contributed by atoms with Crippen LogP contribution in [0.2, 0.25) is 0 Å². The van der Waals surface area contributed by atoms with E-state index in [9.17, 15) is 0 Å². The van der Waals surface area contributed by atoms with Gasteiger partial charge in [-0.2, -0.15) is 0 Å². The Morgan fingerprint density at radius 1 is 0.486 bits per heavy atom. The summed E-state index contributed by atoms with van der Waals surface area (Å²) in [4.78, 5) is 0. The van der Waals surface area contributed by atoms with Gasteiger partial charge in [0, 0.05) is 0 Å². The molecular weight excluding hydrogens is 420 g/mol. The van der Waals surface area contributed by atoms with Crippen LogP contribution in [-0.2, 0) is 33.5 Å². The summed E-state index contributed by atoms with van der Waals surface area (Å²) in [6.45, 7) is 37.8. The molecule has 0 aliphatic rings. The minimum atomic E-state index is 0.0973. The standard InChI is InChI=1S/C35H56/c1-23(19-24-20-25(31(2,3)4)17-18-27(24)32(5,6)7)26-21-29(34(11,12)13)30(35(14,15)16)22-28(26)33(8,9)10/h17-18,20-23H,19H2,1-16H3. The van der Waals surface area contributed by atoms with Gasteiger partial charge < -0.3 is 0 Å². The molecule has 0 saturated heterocycles. The van der Waals surface area contributed by atoms with Crippen molar-refractivity contribution >= 4 is 0 Å². The summed E-state index contributed by atoms with van der Waals surface area (Å²) < 4.78 is 0. The molecule has 2 aromatic rings. The third kappa shape index (κ3) is 7.02. The van der Waals surface area contributed by atoms with E-state index in [1.54, 1.807) is 0 Å². The van der Waals surface area contributed by atoms with E-state index in [1.807, 2.05) is 0 Å². The molecule has 0 bridgehead atoms. The van der Waals surface area contributed by atoms with Crippen molar-refractivity contribution in [1.29, 1.82) is 0 Å². The van der Waals surface area contributed by atoms with E-state index in [2.05, 4.69) is 141 Å². The lowest BCUT2D eigenvalue weighted by atomic mass is 9.69. The molecule has 2 rings (SSSR count). The number of hydrogen-bond donors (Lipinski definition) is 0. The van der Waals surface area contributed by atoms with Crippen molar-refractivity contribution in [1.82, 2.24) is 0 Å². The van der Waals surface area contributed by atoms with E-state index in [1.165, 1.54) is 38.9 Å². The van der Waals surface area contributed by atoms with Crippen molar-refractivity contribution < 1.29 is 0 Å². The summed E-state index contributed by atoms with van der Waals surface area (Å²) in [6.07, 6.45) is 1.07. The minimum absolute atomic E-state index is 0.0973. The van der Waals surface area contributed by atoms with Crippen LogP contribution in [0.15, 0.2) is 30.3 Å². The number of hydrogen-bond acceptors (Lipinski definition) is 0. The van der Waals surface area contributed by atoms with Gasteiger partial charge in [0.1, 0.15) is 0 Å². The van der Waals surface area contributed by atoms with Gasteiger partial charge in [-0.1, -0.05) is 141 Å². The molecule has 0 aromatic heterocycles. The van der Waals surface area contributed by atoms with Crippen LogP contribution in [-0.4, -0.2) is 0 Å². The fourth-order valence-corrected chi connectivity index (χ4v) is 5.32. The Hall–Kier alpha value is -1.56. The van der Waals surface area contributed by atoms with Crippen LogP contribution >= 0.6 is 0 Å². The summed E-state index contributed by atoms with van der Waals surface area (Å²) in [5, 5.41) is 0. The SMILES string of the molecule is CC(Cc1cc(C(C)(C)C)ccc1C(C)(C)C)c1cc(C(C)(C)C)c(C(C)(C)C)cc1C(C)(C)C. The predicted molar refractivity (Wildman–Crippen MR) is 159 cm³/mol. The lowest BCUT2D eigenvalue weighted by molar-refractivity contribution is 0.516. The molecule has 1 atom stereocenters. The average Bonchev–Trinajstić information content (AvgIpc) is 2.63. The van der Waals surface area contributed by atoms with Gasteiger partial charge >= 0.3 is 0 Å². The van der Waals surface area contributed by atoms with E-state index in [4.69, 9.17) is 0 Å². The summed E-state index contributed by atoms with van der Waals surface area (Å²) in [6, 6.07) is 12.4. The molecule has 1 unspecified atom stereocenters. The molecular formula is C35H56. The first-order valence-corrected chi connectivity index (χ1v) is 13.8. The highest BCUT2D eigenvalue weighted by Crippen LogP contribution is 2.42. The molecule has 0 aliphatic heterocycles. The van der Waals surface area contributed by atoms with Crippen LogP contribution in [0.3, 0.4) is 0 Å². The van der Waals surface area contributed by atoms with Gasteiger partial charge in [-0.3, -0.25) is 0 Å². The lowest BCUT2D eigenvalue weighted by Crippen LogP contribution is -2.26. The second-order valence-corrected chi connectivity index (χ2v) is 16.2. The van der Waals surface area contributed by atoms with Crippen LogP contribution in [0.1, 0.15) is 156 Å². The number of benzene rings is 2. The third-order valence-corrected chi connectivity index (χ3v) is 7.45. The molecule has 0 amide bonds.